The Labute approximate surface area is 374 Å². The van der Waals surface area contributed by atoms with E-state index in [4.69, 9.17) is 9.97 Å². The van der Waals surface area contributed by atoms with Crippen LogP contribution in [0.25, 0.3) is 111 Å². The smallest absolute Gasteiger partial charge is 0.126 e. The van der Waals surface area contributed by atoms with Gasteiger partial charge in [0.05, 0.1) is 44.8 Å². The summed E-state index contributed by atoms with van der Waals surface area (Å²) in [6.45, 7) is 2.02. The quantitative estimate of drug-likeness (QED) is 0.160. The highest BCUT2D eigenvalue weighted by molar-refractivity contribution is 6.13. The van der Waals surface area contributed by atoms with Crippen LogP contribution in [0.15, 0.2) is 213 Å². The molecule has 0 spiro atoms. The third-order valence-electron chi connectivity index (χ3n) is 12.7. The van der Waals surface area contributed by atoms with Gasteiger partial charge in [0, 0.05) is 51.1 Å². The Bertz CT molecular complexity index is 3790. The van der Waals surface area contributed by atoms with Crippen LogP contribution in [0.5, 0.6) is 0 Å². The average Bonchev–Trinajstić information content (AvgIpc) is 3.86. The second-order valence-corrected chi connectivity index (χ2v) is 16.6. The summed E-state index contributed by atoms with van der Waals surface area (Å²) < 4.78 is 34.8. The largest absolute Gasteiger partial charge is 0.307 e. The van der Waals surface area contributed by atoms with E-state index >= 15 is 8.78 Å². The lowest BCUT2D eigenvalue weighted by molar-refractivity contribution is 0.584. The van der Waals surface area contributed by atoms with Gasteiger partial charge in [-0.15, -0.1) is 0 Å². The molecule has 12 aromatic rings. The summed E-state index contributed by atoms with van der Waals surface area (Å²) in [5, 5.41) is 4.40. The summed E-state index contributed by atoms with van der Waals surface area (Å²) in [7, 11) is 0. The number of benzene rings is 8. The van der Waals surface area contributed by atoms with Gasteiger partial charge in [-0.05, 0) is 119 Å². The maximum atomic E-state index is 15.1. The number of aryl methyl sites for hydroxylation is 1. The van der Waals surface area contributed by atoms with E-state index in [9.17, 15) is 0 Å². The van der Waals surface area contributed by atoms with Crippen LogP contribution in [-0.2, 0) is 0 Å². The van der Waals surface area contributed by atoms with Crippen molar-refractivity contribution in [3.63, 3.8) is 0 Å². The van der Waals surface area contributed by atoms with Crippen molar-refractivity contribution in [2.45, 2.75) is 6.92 Å². The number of pyridine rings is 2. The van der Waals surface area contributed by atoms with Gasteiger partial charge in [0.15, 0.2) is 0 Å². The monoisotopic (exact) mass is 840 g/mol. The standard InChI is InChI=1S/C59H38F2N4/c1-37-28-58(64-54-18-10-8-16-47(54)49-22-20-40(33-56(49)64)42-24-26-62-52(31-42)38-12-4-2-5-13-38)59(36-51(37)44-29-45(60)35-46(61)30-44)65-55-19-11-9-17-48(55)50-23-21-41(34-57(50)65)43-25-27-63-53(32-43)39-14-6-3-7-15-39/h2-36H,1H3. The van der Waals surface area contributed by atoms with E-state index in [1.165, 1.54) is 12.1 Å². The Kier molecular flexibility index (Phi) is 9.05. The molecule has 8 aromatic carbocycles. The lowest BCUT2D eigenvalue weighted by Crippen LogP contribution is -2.05. The minimum Gasteiger partial charge on any atom is -0.307 e. The highest BCUT2D eigenvalue weighted by Crippen LogP contribution is 2.43. The Hall–Kier alpha value is -8.48. The van der Waals surface area contributed by atoms with Crippen molar-refractivity contribution in [2.75, 3.05) is 0 Å². The van der Waals surface area contributed by atoms with Crippen LogP contribution < -0.4 is 0 Å². The number of fused-ring (bicyclic) bond motifs is 6. The van der Waals surface area contributed by atoms with Gasteiger partial charge in [-0.3, -0.25) is 9.97 Å². The first-order valence-corrected chi connectivity index (χ1v) is 21.7. The molecule has 0 aliphatic heterocycles. The van der Waals surface area contributed by atoms with Gasteiger partial charge >= 0.3 is 0 Å². The van der Waals surface area contributed by atoms with Gasteiger partial charge in [-0.25, -0.2) is 8.78 Å². The van der Waals surface area contributed by atoms with Crippen molar-refractivity contribution in [1.29, 1.82) is 0 Å². The van der Waals surface area contributed by atoms with Gasteiger partial charge in [0.2, 0.25) is 0 Å². The fourth-order valence-electron chi connectivity index (χ4n) is 9.63. The van der Waals surface area contributed by atoms with Gasteiger partial charge in [-0.2, -0.15) is 0 Å². The molecule has 308 valence electrons. The number of para-hydroxylation sites is 2. The molecule has 0 fully saturated rings. The molecule has 6 heteroatoms. The predicted molar refractivity (Wildman–Crippen MR) is 263 cm³/mol. The molecule has 0 N–H and O–H groups in total. The van der Waals surface area contributed by atoms with Gasteiger partial charge < -0.3 is 9.13 Å². The fraction of sp³-hybridized carbons (Fsp3) is 0.0169. The number of aromatic nitrogens is 4. The summed E-state index contributed by atoms with van der Waals surface area (Å²) in [4.78, 5) is 9.45. The number of hydrogen-bond acceptors (Lipinski definition) is 2. The molecule has 65 heavy (non-hydrogen) atoms. The van der Waals surface area contributed by atoms with Gasteiger partial charge in [-0.1, -0.05) is 121 Å². The molecule has 0 saturated heterocycles. The summed E-state index contributed by atoms with van der Waals surface area (Å²) >= 11 is 0. The molecule has 0 atom stereocenters. The molecule has 0 bridgehead atoms. The zero-order chi connectivity index (χ0) is 43.6. The Balaban J connectivity index is 1.15. The number of rotatable bonds is 7. The van der Waals surface area contributed by atoms with Crippen LogP contribution in [0.4, 0.5) is 8.78 Å². The minimum absolute atomic E-state index is 0.468. The SMILES string of the molecule is Cc1cc(-n2c3ccccc3c3ccc(-c4ccnc(-c5ccccc5)c4)cc32)c(-n2c3ccccc3c3ccc(-c4ccnc(-c5ccccc5)c4)cc32)cc1-c1cc(F)cc(F)c1. The van der Waals surface area contributed by atoms with Crippen LogP contribution >= 0.6 is 0 Å². The molecule has 4 aromatic heterocycles. The van der Waals surface area contributed by atoms with Crippen LogP contribution in [0.2, 0.25) is 0 Å². The molecule has 0 aliphatic rings. The number of halogens is 2. The van der Waals surface area contributed by atoms with Gasteiger partial charge in [0.1, 0.15) is 11.6 Å². The van der Waals surface area contributed by atoms with Gasteiger partial charge in [0.25, 0.3) is 0 Å². The van der Waals surface area contributed by atoms with E-state index in [0.29, 0.717) is 5.56 Å². The average molecular weight is 841 g/mol. The van der Waals surface area contributed by atoms with Crippen molar-refractivity contribution < 1.29 is 8.78 Å². The highest BCUT2D eigenvalue weighted by atomic mass is 19.1. The Morgan fingerprint density at radius 2 is 0.769 bits per heavy atom. The second kappa shape index (κ2) is 15.4. The summed E-state index contributed by atoms with van der Waals surface area (Å²) in [6, 6.07) is 67.1. The predicted octanol–water partition coefficient (Wildman–Crippen LogP) is 15.6. The second-order valence-electron chi connectivity index (χ2n) is 16.6. The van der Waals surface area contributed by atoms with E-state index in [2.05, 4.69) is 155 Å². The number of nitrogens with zero attached hydrogens (tertiary/aromatic N) is 4. The first-order chi connectivity index (χ1) is 31.9. The molecule has 0 saturated carbocycles. The Morgan fingerprint density at radius 1 is 0.338 bits per heavy atom. The molecule has 0 unspecified atom stereocenters. The van der Waals surface area contributed by atoms with Crippen LogP contribution in [0, 0.1) is 18.6 Å². The van der Waals surface area contributed by atoms with Crippen LogP contribution in [0.3, 0.4) is 0 Å². The maximum absolute atomic E-state index is 15.1. The first kappa shape index (κ1) is 38.2. The number of hydrogen-bond donors (Lipinski definition) is 0. The third-order valence-corrected chi connectivity index (χ3v) is 12.7. The fourth-order valence-corrected chi connectivity index (χ4v) is 9.63. The van der Waals surface area contributed by atoms with E-state index in [1.54, 1.807) is 0 Å². The van der Waals surface area contributed by atoms with Crippen molar-refractivity contribution in [1.82, 2.24) is 19.1 Å². The van der Waals surface area contributed by atoms with Crippen LogP contribution in [0.1, 0.15) is 5.56 Å². The minimum atomic E-state index is -0.625. The van der Waals surface area contributed by atoms with Crippen molar-refractivity contribution in [2.24, 2.45) is 0 Å². The first-order valence-electron chi connectivity index (χ1n) is 21.7. The molecule has 0 aliphatic carbocycles. The van der Waals surface area contributed by atoms with E-state index in [-0.39, 0.29) is 0 Å². The molecule has 4 nitrogen and oxygen atoms in total. The molecule has 4 heterocycles. The normalized spacial score (nSPS) is 11.6. The molecule has 0 amide bonds. The van der Waals surface area contributed by atoms with E-state index < -0.39 is 11.6 Å². The van der Waals surface area contributed by atoms with E-state index in [1.807, 2.05) is 55.7 Å². The summed E-state index contributed by atoms with van der Waals surface area (Å²) in [6.07, 6.45) is 3.74. The van der Waals surface area contributed by atoms with E-state index in [0.717, 1.165) is 117 Å². The summed E-state index contributed by atoms with van der Waals surface area (Å²) in [5.41, 5.74) is 16.0. The lowest BCUT2D eigenvalue weighted by atomic mass is 9.98. The van der Waals surface area contributed by atoms with Crippen molar-refractivity contribution in [3.05, 3.63) is 230 Å². The Morgan fingerprint density at radius 3 is 1.28 bits per heavy atom. The lowest BCUT2D eigenvalue weighted by Gasteiger charge is -2.20. The zero-order valence-electron chi connectivity index (χ0n) is 35.3. The molecule has 0 radical (unpaired) electrons. The maximum Gasteiger partial charge on any atom is 0.126 e. The third kappa shape index (κ3) is 6.58. The highest BCUT2D eigenvalue weighted by Gasteiger charge is 2.23. The van der Waals surface area contributed by atoms with Crippen molar-refractivity contribution in [3.8, 4) is 67.3 Å². The summed E-state index contributed by atoms with van der Waals surface area (Å²) in [5.74, 6) is -1.25. The van der Waals surface area contributed by atoms with Crippen molar-refractivity contribution >= 4 is 43.6 Å². The molecular weight excluding hydrogens is 803 g/mol. The molecule has 12 rings (SSSR count). The topological polar surface area (TPSA) is 35.6 Å². The van der Waals surface area contributed by atoms with Crippen LogP contribution in [-0.4, -0.2) is 19.1 Å². The molecular formula is C59H38F2N4. The zero-order valence-corrected chi connectivity index (χ0v) is 35.3.